The molecule has 2 nitrogen and oxygen atoms in total. The Kier molecular flexibility index (Phi) is 2.96. The summed E-state index contributed by atoms with van der Waals surface area (Å²) in [5.41, 5.74) is 3.86. The van der Waals surface area contributed by atoms with Crippen LogP contribution in [0.1, 0.15) is 17.9 Å². The molecule has 2 heteroatoms. The van der Waals surface area contributed by atoms with Gasteiger partial charge in [0.2, 0.25) is 0 Å². The van der Waals surface area contributed by atoms with E-state index in [1.165, 1.54) is 16.7 Å². The summed E-state index contributed by atoms with van der Waals surface area (Å²) < 4.78 is 6.14. The Bertz CT molecular complexity index is 608. The normalized spacial score (nSPS) is 24.4. The van der Waals surface area contributed by atoms with Gasteiger partial charge >= 0.3 is 0 Å². The predicted molar refractivity (Wildman–Crippen MR) is 81.1 cm³/mol. The van der Waals surface area contributed by atoms with Crippen LogP contribution in [0.2, 0.25) is 0 Å². The fourth-order valence-corrected chi connectivity index (χ4v) is 3.57. The zero-order chi connectivity index (χ0) is 13.4. The van der Waals surface area contributed by atoms with Gasteiger partial charge in [0.15, 0.2) is 0 Å². The highest BCUT2D eigenvalue weighted by Gasteiger charge is 2.33. The van der Waals surface area contributed by atoms with Crippen molar-refractivity contribution in [2.45, 2.75) is 12.3 Å². The van der Waals surface area contributed by atoms with Crippen LogP contribution in [0.5, 0.6) is 5.75 Å². The molecule has 1 fully saturated rings. The third-order valence-corrected chi connectivity index (χ3v) is 4.60. The van der Waals surface area contributed by atoms with Gasteiger partial charge in [-0.05, 0) is 30.0 Å². The molecule has 2 aromatic carbocycles. The van der Waals surface area contributed by atoms with Crippen molar-refractivity contribution < 1.29 is 4.74 Å². The van der Waals surface area contributed by atoms with E-state index in [0.29, 0.717) is 5.92 Å². The van der Waals surface area contributed by atoms with Gasteiger partial charge in [0.25, 0.3) is 0 Å². The van der Waals surface area contributed by atoms with Crippen LogP contribution in [-0.4, -0.2) is 19.7 Å². The van der Waals surface area contributed by atoms with Crippen molar-refractivity contribution >= 4 is 0 Å². The molecule has 0 radical (unpaired) electrons. The van der Waals surface area contributed by atoms with Crippen molar-refractivity contribution in [2.24, 2.45) is 5.92 Å². The molecule has 1 N–H and O–H groups in total. The number of hydrogen-bond acceptors (Lipinski definition) is 2. The minimum atomic E-state index is 0.608. The summed E-state index contributed by atoms with van der Waals surface area (Å²) in [6, 6.07) is 17.2. The second kappa shape index (κ2) is 4.95. The van der Waals surface area contributed by atoms with Gasteiger partial charge in [0, 0.05) is 18.0 Å². The number of benzene rings is 2. The molecular weight excluding hydrogens is 246 g/mol. The third kappa shape index (κ3) is 1.92. The number of hydrogen-bond donors (Lipinski definition) is 1. The average molecular weight is 265 g/mol. The Hall–Kier alpha value is -1.80. The molecule has 2 heterocycles. The van der Waals surface area contributed by atoms with Crippen LogP contribution in [0.3, 0.4) is 0 Å². The zero-order valence-electron chi connectivity index (χ0n) is 11.5. The van der Waals surface area contributed by atoms with E-state index in [-0.39, 0.29) is 0 Å². The summed E-state index contributed by atoms with van der Waals surface area (Å²) in [6.45, 7) is 3.04. The largest absolute Gasteiger partial charge is 0.493 e. The van der Waals surface area contributed by atoms with Crippen LogP contribution in [0.15, 0.2) is 48.5 Å². The van der Waals surface area contributed by atoms with E-state index >= 15 is 0 Å². The summed E-state index contributed by atoms with van der Waals surface area (Å²) in [6.07, 6.45) is 1.15. The van der Waals surface area contributed by atoms with E-state index in [2.05, 4.69) is 53.8 Å². The second-order valence-electron chi connectivity index (χ2n) is 5.75. The molecule has 0 saturated carbocycles. The maximum atomic E-state index is 6.14. The van der Waals surface area contributed by atoms with Gasteiger partial charge < -0.3 is 10.1 Å². The van der Waals surface area contributed by atoms with Gasteiger partial charge in [-0.1, -0.05) is 48.5 Å². The van der Waals surface area contributed by atoms with Gasteiger partial charge in [-0.3, -0.25) is 0 Å². The van der Waals surface area contributed by atoms with E-state index in [4.69, 9.17) is 4.74 Å². The van der Waals surface area contributed by atoms with Gasteiger partial charge in [0.1, 0.15) is 5.75 Å². The van der Waals surface area contributed by atoms with Crippen LogP contribution in [0.25, 0.3) is 11.1 Å². The molecule has 0 spiro atoms. The topological polar surface area (TPSA) is 21.3 Å². The minimum absolute atomic E-state index is 0.608. The van der Waals surface area contributed by atoms with Crippen molar-refractivity contribution in [1.29, 1.82) is 0 Å². The molecule has 2 atom stereocenters. The van der Waals surface area contributed by atoms with Crippen molar-refractivity contribution in [3.8, 4) is 16.9 Å². The molecule has 1 saturated heterocycles. The summed E-state index contributed by atoms with van der Waals surface area (Å²) in [4.78, 5) is 0. The maximum absolute atomic E-state index is 6.14. The van der Waals surface area contributed by atoms with E-state index in [1.807, 2.05) is 0 Å². The molecule has 0 bridgehead atoms. The number of para-hydroxylation sites is 1. The third-order valence-electron chi connectivity index (χ3n) is 4.60. The number of fused-ring (bicyclic) bond motifs is 3. The first-order valence-corrected chi connectivity index (χ1v) is 7.45. The van der Waals surface area contributed by atoms with Gasteiger partial charge in [-0.25, -0.2) is 0 Å². The van der Waals surface area contributed by atoms with Gasteiger partial charge in [-0.2, -0.15) is 0 Å². The highest BCUT2D eigenvalue weighted by molar-refractivity contribution is 5.72. The minimum Gasteiger partial charge on any atom is -0.493 e. The number of nitrogens with one attached hydrogen (secondary N) is 1. The highest BCUT2D eigenvalue weighted by atomic mass is 16.5. The van der Waals surface area contributed by atoms with Gasteiger partial charge in [0.05, 0.1) is 6.61 Å². The molecular formula is C18H19NO. The Morgan fingerprint density at radius 1 is 0.950 bits per heavy atom. The van der Waals surface area contributed by atoms with Crippen LogP contribution in [-0.2, 0) is 0 Å². The van der Waals surface area contributed by atoms with E-state index in [0.717, 1.165) is 37.8 Å². The lowest BCUT2D eigenvalue weighted by atomic mass is 9.86. The first kappa shape index (κ1) is 12.0. The fraction of sp³-hybridized carbons (Fsp3) is 0.333. The van der Waals surface area contributed by atoms with Crippen LogP contribution < -0.4 is 10.1 Å². The molecule has 0 aromatic heterocycles. The lowest BCUT2D eigenvalue weighted by Crippen LogP contribution is -2.11. The Morgan fingerprint density at radius 3 is 2.75 bits per heavy atom. The van der Waals surface area contributed by atoms with E-state index in [9.17, 15) is 0 Å². The van der Waals surface area contributed by atoms with Crippen molar-refractivity contribution in [3.63, 3.8) is 0 Å². The molecule has 2 aromatic rings. The van der Waals surface area contributed by atoms with Crippen molar-refractivity contribution in [1.82, 2.24) is 5.32 Å². The Morgan fingerprint density at radius 2 is 1.85 bits per heavy atom. The van der Waals surface area contributed by atoms with Crippen LogP contribution in [0, 0.1) is 5.92 Å². The summed E-state index contributed by atoms with van der Waals surface area (Å²) in [5, 5.41) is 3.54. The van der Waals surface area contributed by atoms with Gasteiger partial charge in [-0.15, -0.1) is 0 Å². The Labute approximate surface area is 119 Å². The zero-order valence-corrected chi connectivity index (χ0v) is 11.5. The number of rotatable bonds is 1. The lowest BCUT2D eigenvalue weighted by Gasteiger charge is -2.18. The SMILES string of the molecule is c1ccc(-c2cccc3c2OCCC2CNC[C@H]32)cc1. The summed E-state index contributed by atoms with van der Waals surface area (Å²) in [7, 11) is 0. The average Bonchev–Trinajstić information content (AvgIpc) is 2.90. The maximum Gasteiger partial charge on any atom is 0.130 e. The predicted octanol–water partition coefficient (Wildman–Crippen LogP) is 3.44. The fourth-order valence-electron chi connectivity index (χ4n) is 3.57. The van der Waals surface area contributed by atoms with Crippen molar-refractivity contribution in [3.05, 3.63) is 54.1 Å². The molecule has 0 amide bonds. The quantitative estimate of drug-likeness (QED) is 0.853. The molecule has 1 unspecified atom stereocenters. The Balaban J connectivity index is 1.85. The lowest BCUT2D eigenvalue weighted by molar-refractivity contribution is 0.297. The first-order chi connectivity index (χ1) is 9.93. The summed E-state index contributed by atoms with van der Waals surface area (Å²) >= 11 is 0. The van der Waals surface area contributed by atoms with E-state index < -0.39 is 0 Å². The van der Waals surface area contributed by atoms with Crippen molar-refractivity contribution in [2.75, 3.05) is 19.7 Å². The molecule has 2 aliphatic heterocycles. The standard InChI is InChI=1S/C18H19NO/c1-2-5-13(6-3-1)15-7-4-8-16-17-12-19-11-14(17)9-10-20-18(15)16/h1-8,14,17,19H,9-12H2/t14?,17-/m0/s1. The number of ether oxygens (including phenoxy) is 1. The van der Waals surface area contributed by atoms with E-state index in [1.54, 1.807) is 0 Å². The monoisotopic (exact) mass is 265 g/mol. The molecule has 4 rings (SSSR count). The van der Waals surface area contributed by atoms with Crippen LogP contribution >= 0.6 is 0 Å². The second-order valence-corrected chi connectivity index (χ2v) is 5.75. The van der Waals surface area contributed by atoms with Crippen LogP contribution in [0.4, 0.5) is 0 Å². The smallest absolute Gasteiger partial charge is 0.130 e. The highest BCUT2D eigenvalue weighted by Crippen LogP contribution is 2.43. The molecule has 2 aliphatic rings. The first-order valence-electron chi connectivity index (χ1n) is 7.45. The summed E-state index contributed by atoms with van der Waals surface area (Å²) in [5.74, 6) is 2.44. The molecule has 20 heavy (non-hydrogen) atoms. The molecule has 102 valence electrons. The molecule has 0 aliphatic carbocycles.